The number of allylic oxidation sites excluding steroid dienone is 12. The minimum Gasteiger partial charge on any atom is -0.494 e. The molecule has 150 valence electrons. The molecular weight excluding hydrogens is 358 g/mol. The van der Waals surface area contributed by atoms with E-state index < -0.39 is 0 Å². The van der Waals surface area contributed by atoms with Gasteiger partial charge in [-0.05, 0) is 74.0 Å². The average Bonchev–Trinajstić information content (AvgIpc) is 3.25. The molecule has 0 radical (unpaired) electrons. The molecule has 29 heavy (non-hydrogen) atoms. The summed E-state index contributed by atoms with van der Waals surface area (Å²) in [5.41, 5.74) is 4.54. The third-order valence-electron chi connectivity index (χ3n) is 5.01. The zero-order valence-corrected chi connectivity index (χ0v) is 17.5. The lowest BCUT2D eigenvalue weighted by molar-refractivity contribution is -0.110. The molecule has 0 spiro atoms. The number of carbonyl (C=O) groups is 1. The zero-order valence-electron chi connectivity index (χ0n) is 17.5. The SMILES string of the molecule is C/C=C(/C(=C1C=CC(=O)C=C1)c1ccc(OCCCN(C)C)cc1)C1C=CC=C1. The van der Waals surface area contributed by atoms with E-state index in [-0.39, 0.29) is 11.7 Å². The standard InChI is InChI=1S/C26H29NO2/c1-4-25(20-8-5-6-9-20)26(21-10-14-23(28)15-11-21)22-12-16-24(17-13-22)29-19-7-18-27(2)3/h4-6,8-17,20H,7,18-19H2,1-3H3/b25-4+. The first-order chi connectivity index (χ1) is 14.1. The fourth-order valence-electron chi connectivity index (χ4n) is 3.55. The monoisotopic (exact) mass is 387 g/mol. The molecule has 0 N–H and O–H groups in total. The van der Waals surface area contributed by atoms with E-state index in [9.17, 15) is 4.79 Å². The number of benzene rings is 1. The maximum absolute atomic E-state index is 11.6. The summed E-state index contributed by atoms with van der Waals surface area (Å²) < 4.78 is 5.88. The van der Waals surface area contributed by atoms with Gasteiger partial charge in [0.1, 0.15) is 5.75 Å². The second-order valence-corrected chi connectivity index (χ2v) is 7.47. The predicted molar refractivity (Wildman–Crippen MR) is 121 cm³/mol. The highest BCUT2D eigenvalue weighted by Crippen LogP contribution is 2.36. The van der Waals surface area contributed by atoms with E-state index in [1.54, 1.807) is 12.2 Å². The van der Waals surface area contributed by atoms with Gasteiger partial charge in [0, 0.05) is 12.5 Å². The number of hydrogen-bond acceptors (Lipinski definition) is 3. The molecule has 0 aliphatic heterocycles. The van der Waals surface area contributed by atoms with Gasteiger partial charge in [0.2, 0.25) is 0 Å². The highest BCUT2D eigenvalue weighted by molar-refractivity contribution is 6.03. The van der Waals surface area contributed by atoms with Crippen LogP contribution in [0.1, 0.15) is 18.9 Å². The Kier molecular flexibility index (Phi) is 7.20. The molecule has 3 rings (SSSR count). The Morgan fingerprint density at radius 1 is 1.03 bits per heavy atom. The summed E-state index contributed by atoms with van der Waals surface area (Å²) in [5, 5.41) is 0. The van der Waals surface area contributed by atoms with Crippen LogP contribution >= 0.6 is 0 Å². The van der Waals surface area contributed by atoms with Crippen LogP contribution in [-0.4, -0.2) is 37.9 Å². The van der Waals surface area contributed by atoms with Gasteiger partial charge in [0.05, 0.1) is 6.61 Å². The van der Waals surface area contributed by atoms with E-state index >= 15 is 0 Å². The number of ether oxygens (including phenoxy) is 1. The normalized spacial score (nSPS) is 16.3. The van der Waals surface area contributed by atoms with Gasteiger partial charge in [-0.25, -0.2) is 0 Å². The molecule has 1 aromatic carbocycles. The average molecular weight is 388 g/mol. The van der Waals surface area contributed by atoms with Gasteiger partial charge in [0.25, 0.3) is 0 Å². The number of nitrogens with zero attached hydrogens (tertiary/aromatic N) is 1. The first kappa shape index (κ1) is 20.8. The van der Waals surface area contributed by atoms with Gasteiger partial charge >= 0.3 is 0 Å². The fourth-order valence-corrected chi connectivity index (χ4v) is 3.55. The summed E-state index contributed by atoms with van der Waals surface area (Å²) in [4.78, 5) is 13.8. The highest BCUT2D eigenvalue weighted by atomic mass is 16.5. The van der Waals surface area contributed by atoms with Crippen LogP contribution in [0.5, 0.6) is 5.75 Å². The van der Waals surface area contributed by atoms with Crippen LogP contribution in [0, 0.1) is 5.92 Å². The van der Waals surface area contributed by atoms with Crippen molar-refractivity contribution in [3.8, 4) is 5.75 Å². The lowest BCUT2D eigenvalue weighted by atomic mass is 9.84. The third-order valence-corrected chi connectivity index (χ3v) is 5.01. The molecule has 0 saturated heterocycles. The summed E-state index contributed by atoms with van der Waals surface area (Å²) in [5.74, 6) is 1.14. The van der Waals surface area contributed by atoms with Crippen LogP contribution in [0.15, 0.2) is 90.1 Å². The van der Waals surface area contributed by atoms with Crippen LogP contribution in [0.4, 0.5) is 0 Å². The van der Waals surface area contributed by atoms with Gasteiger partial charge in [-0.3, -0.25) is 4.79 Å². The van der Waals surface area contributed by atoms with Crippen LogP contribution in [0.25, 0.3) is 5.57 Å². The lowest BCUT2D eigenvalue weighted by Gasteiger charge is -2.20. The predicted octanol–water partition coefficient (Wildman–Crippen LogP) is 5.15. The Bertz CT molecular complexity index is 879. The summed E-state index contributed by atoms with van der Waals surface area (Å²) >= 11 is 0. The van der Waals surface area contributed by atoms with Gasteiger partial charge in [0.15, 0.2) is 5.78 Å². The first-order valence-electron chi connectivity index (χ1n) is 10.1. The molecule has 0 bridgehead atoms. The van der Waals surface area contributed by atoms with Crippen molar-refractivity contribution in [3.05, 3.63) is 95.7 Å². The molecule has 2 aliphatic rings. The van der Waals surface area contributed by atoms with Crippen LogP contribution in [-0.2, 0) is 4.79 Å². The first-order valence-corrected chi connectivity index (χ1v) is 10.1. The van der Waals surface area contributed by atoms with Crippen molar-refractivity contribution in [2.24, 2.45) is 5.92 Å². The second kappa shape index (κ2) is 10.0. The highest BCUT2D eigenvalue weighted by Gasteiger charge is 2.19. The van der Waals surface area contributed by atoms with Crippen molar-refractivity contribution in [3.63, 3.8) is 0 Å². The molecule has 0 unspecified atom stereocenters. The zero-order chi connectivity index (χ0) is 20.6. The largest absolute Gasteiger partial charge is 0.494 e. The topological polar surface area (TPSA) is 29.5 Å². The maximum atomic E-state index is 11.6. The molecule has 0 aromatic heterocycles. The fraction of sp³-hybridized carbons (Fsp3) is 0.269. The maximum Gasteiger partial charge on any atom is 0.178 e. The number of rotatable bonds is 8. The Labute approximate surface area is 174 Å². The summed E-state index contributed by atoms with van der Waals surface area (Å²) in [6.45, 7) is 3.79. The summed E-state index contributed by atoms with van der Waals surface area (Å²) in [7, 11) is 4.14. The molecule has 0 amide bonds. The molecule has 0 fully saturated rings. The van der Waals surface area contributed by atoms with E-state index in [0.29, 0.717) is 6.61 Å². The molecule has 1 aromatic rings. The van der Waals surface area contributed by atoms with E-state index in [1.807, 2.05) is 24.3 Å². The van der Waals surface area contributed by atoms with Crippen LogP contribution in [0.3, 0.4) is 0 Å². The molecule has 0 saturated carbocycles. The molecule has 0 heterocycles. The minimum atomic E-state index is 0.0252. The number of hydrogen-bond donors (Lipinski definition) is 0. The Balaban J connectivity index is 1.87. The Morgan fingerprint density at radius 3 is 2.28 bits per heavy atom. The van der Waals surface area contributed by atoms with Gasteiger partial charge in [-0.1, -0.05) is 54.7 Å². The summed E-state index contributed by atoms with van der Waals surface area (Å²) in [6, 6.07) is 8.27. The van der Waals surface area contributed by atoms with Crippen molar-refractivity contribution < 1.29 is 9.53 Å². The van der Waals surface area contributed by atoms with Crippen LogP contribution in [0.2, 0.25) is 0 Å². The molecular formula is C26H29NO2. The van der Waals surface area contributed by atoms with Gasteiger partial charge < -0.3 is 9.64 Å². The minimum absolute atomic E-state index is 0.0252. The quantitative estimate of drug-likeness (QED) is 0.578. The van der Waals surface area contributed by atoms with E-state index in [2.05, 4.69) is 68.4 Å². The van der Waals surface area contributed by atoms with E-state index in [4.69, 9.17) is 4.74 Å². The second-order valence-electron chi connectivity index (χ2n) is 7.47. The van der Waals surface area contributed by atoms with Gasteiger partial charge in [-0.2, -0.15) is 0 Å². The van der Waals surface area contributed by atoms with Gasteiger partial charge in [-0.15, -0.1) is 0 Å². The smallest absolute Gasteiger partial charge is 0.178 e. The van der Waals surface area contributed by atoms with E-state index in [0.717, 1.165) is 35.4 Å². The van der Waals surface area contributed by atoms with E-state index in [1.165, 1.54) is 5.57 Å². The molecule has 2 aliphatic carbocycles. The Hall–Kier alpha value is -2.91. The summed E-state index contributed by atoms with van der Waals surface area (Å²) in [6.07, 6.45) is 18.8. The van der Waals surface area contributed by atoms with Crippen molar-refractivity contribution >= 4 is 11.4 Å². The van der Waals surface area contributed by atoms with Crippen molar-refractivity contribution in [2.75, 3.05) is 27.2 Å². The Morgan fingerprint density at radius 2 is 1.69 bits per heavy atom. The van der Waals surface area contributed by atoms with Crippen molar-refractivity contribution in [1.82, 2.24) is 4.90 Å². The third kappa shape index (κ3) is 5.55. The number of carbonyl (C=O) groups excluding carboxylic acids is 1. The molecule has 3 nitrogen and oxygen atoms in total. The van der Waals surface area contributed by atoms with Crippen molar-refractivity contribution in [1.29, 1.82) is 0 Å². The van der Waals surface area contributed by atoms with Crippen molar-refractivity contribution in [2.45, 2.75) is 13.3 Å². The number of ketones is 1. The molecule has 3 heteroatoms. The molecule has 0 atom stereocenters. The van der Waals surface area contributed by atoms with Crippen LogP contribution < -0.4 is 4.74 Å². The lowest BCUT2D eigenvalue weighted by Crippen LogP contribution is -2.15.